The number of anilines is 1. The van der Waals surface area contributed by atoms with E-state index >= 15 is 0 Å². The SMILES string of the molecule is Nc1ccc(S(=O)(=O)NCCN2CCCC2)c(Br)c1. The highest BCUT2D eigenvalue weighted by Gasteiger charge is 2.18. The predicted octanol–water partition coefficient (Wildman–Crippen LogP) is 1.41. The Labute approximate surface area is 122 Å². The van der Waals surface area contributed by atoms with Gasteiger partial charge in [-0.3, -0.25) is 0 Å². The van der Waals surface area contributed by atoms with Gasteiger partial charge in [-0.2, -0.15) is 0 Å². The Kier molecular flexibility index (Phi) is 4.83. The van der Waals surface area contributed by atoms with Crippen molar-refractivity contribution in [3.8, 4) is 0 Å². The molecule has 0 amide bonds. The van der Waals surface area contributed by atoms with Crippen LogP contribution in [-0.4, -0.2) is 39.5 Å². The van der Waals surface area contributed by atoms with Gasteiger partial charge in [0.2, 0.25) is 10.0 Å². The highest BCUT2D eigenvalue weighted by molar-refractivity contribution is 9.10. The minimum atomic E-state index is -3.48. The van der Waals surface area contributed by atoms with Crippen LogP contribution >= 0.6 is 15.9 Å². The van der Waals surface area contributed by atoms with Crippen molar-refractivity contribution >= 4 is 31.6 Å². The summed E-state index contributed by atoms with van der Waals surface area (Å²) in [6.45, 7) is 3.31. The van der Waals surface area contributed by atoms with Crippen LogP contribution in [0.15, 0.2) is 27.6 Å². The number of nitrogens with one attached hydrogen (secondary N) is 1. The molecule has 0 aromatic heterocycles. The van der Waals surface area contributed by atoms with Crippen molar-refractivity contribution in [1.29, 1.82) is 0 Å². The summed E-state index contributed by atoms with van der Waals surface area (Å²) in [6, 6.07) is 4.69. The summed E-state index contributed by atoms with van der Waals surface area (Å²) in [5.41, 5.74) is 6.13. The highest BCUT2D eigenvalue weighted by Crippen LogP contribution is 2.23. The Morgan fingerprint density at radius 2 is 2.00 bits per heavy atom. The number of hydrogen-bond acceptors (Lipinski definition) is 4. The normalized spacial score (nSPS) is 16.9. The molecule has 0 unspecified atom stereocenters. The van der Waals surface area contributed by atoms with Crippen LogP contribution < -0.4 is 10.5 Å². The van der Waals surface area contributed by atoms with Crippen molar-refractivity contribution in [1.82, 2.24) is 9.62 Å². The summed E-state index contributed by atoms with van der Waals surface area (Å²) in [5.74, 6) is 0. The molecule has 0 aliphatic carbocycles. The van der Waals surface area contributed by atoms with Gasteiger partial charge in [-0.1, -0.05) is 0 Å². The summed E-state index contributed by atoms with van der Waals surface area (Å²) in [6.07, 6.45) is 2.41. The van der Waals surface area contributed by atoms with Crippen LogP contribution in [0.4, 0.5) is 5.69 Å². The van der Waals surface area contributed by atoms with E-state index in [9.17, 15) is 8.42 Å². The van der Waals surface area contributed by atoms with E-state index in [1.807, 2.05) is 0 Å². The molecule has 3 N–H and O–H groups in total. The van der Waals surface area contributed by atoms with Crippen LogP contribution in [0.3, 0.4) is 0 Å². The smallest absolute Gasteiger partial charge is 0.241 e. The van der Waals surface area contributed by atoms with Gasteiger partial charge >= 0.3 is 0 Å². The van der Waals surface area contributed by atoms with Gasteiger partial charge in [-0.05, 0) is 60.1 Å². The maximum absolute atomic E-state index is 12.1. The Bertz CT molecular complexity index is 542. The summed E-state index contributed by atoms with van der Waals surface area (Å²) < 4.78 is 27.4. The molecule has 0 spiro atoms. The van der Waals surface area contributed by atoms with Gasteiger partial charge in [0.25, 0.3) is 0 Å². The fraction of sp³-hybridized carbons (Fsp3) is 0.500. The molecule has 1 fully saturated rings. The third-order valence-corrected chi connectivity index (χ3v) is 5.60. The second-order valence-corrected chi connectivity index (χ2v) is 7.23. The van der Waals surface area contributed by atoms with Gasteiger partial charge in [0, 0.05) is 23.2 Å². The fourth-order valence-electron chi connectivity index (χ4n) is 2.16. The van der Waals surface area contributed by atoms with Crippen LogP contribution in [0.25, 0.3) is 0 Å². The van der Waals surface area contributed by atoms with E-state index in [0.717, 1.165) is 19.6 Å². The van der Waals surface area contributed by atoms with Crippen LogP contribution in [0.1, 0.15) is 12.8 Å². The second kappa shape index (κ2) is 6.21. The molecule has 1 aliphatic rings. The van der Waals surface area contributed by atoms with Crippen LogP contribution in [0.5, 0.6) is 0 Å². The lowest BCUT2D eigenvalue weighted by molar-refractivity contribution is 0.344. The molecule has 0 saturated carbocycles. The van der Waals surface area contributed by atoms with Gasteiger partial charge in [0.1, 0.15) is 0 Å². The van der Waals surface area contributed by atoms with Gasteiger partial charge in [-0.15, -0.1) is 0 Å². The van der Waals surface area contributed by atoms with Gasteiger partial charge in [0.15, 0.2) is 0 Å². The van der Waals surface area contributed by atoms with E-state index in [-0.39, 0.29) is 4.90 Å². The van der Waals surface area contributed by atoms with Crippen molar-refractivity contribution in [3.05, 3.63) is 22.7 Å². The minimum Gasteiger partial charge on any atom is -0.399 e. The molecule has 1 aromatic carbocycles. The van der Waals surface area contributed by atoms with Crippen molar-refractivity contribution in [3.63, 3.8) is 0 Å². The number of nitrogens with two attached hydrogens (primary N) is 1. The molecule has 106 valence electrons. The van der Waals surface area contributed by atoms with Crippen LogP contribution in [-0.2, 0) is 10.0 Å². The lowest BCUT2D eigenvalue weighted by atomic mass is 10.3. The third kappa shape index (κ3) is 3.92. The molecule has 5 nitrogen and oxygen atoms in total. The maximum Gasteiger partial charge on any atom is 0.241 e. The van der Waals surface area contributed by atoms with Gasteiger partial charge in [-0.25, -0.2) is 13.1 Å². The largest absolute Gasteiger partial charge is 0.399 e. The fourth-order valence-corrected chi connectivity index (χ4v) is 4.27. The molecule has 0 atom stereocenters. The molecular formula is C12H18BrN3O2S. The van der Waals surface area contributed by atoms with E-state index in [1.54, 1.807) is 12.1 Å². The predicted molar refractivity (Wildman–Crippen MR) is 79.4 cm³/mol. The Morgan fingerprint density at radius 3 is 2.63 bits per heavy atom. The maximum atomic E-state index is 12.1. The van der Waals surface area contributed by atoms with Crippen molar-refractivity contribution in [2.45, 2.75) is 17.7 Å². The molecule has 1 aromatic rings. The third-order valence-electron chi connectivity index (χ3n) is 3.16. The zero-order valence-electron chi connectivity index (χ0n) is 10.6. The number of nitrogens with zero attached hydrogens (tertiary/aromatic N) is 1. The second-order valence-electron chi connectivity index (χ2n) is 4.64. The summed E-state index contributed by atoms with van der Waals surface area (Å²) in [5, 5.41) is 0. The monoisotopic (exact) mass is 347 g/mol. The van der Waals surface area contributed by atoms with E-state index in [0.29, 0.717) is 16.7 Å². The number of benzene rings is 1. The van der Waals surface area contributed by atoms with Crippen molar-refractivity contribution in [2.24, 2.45) is 0 Å². The summed E-state index contributed by atoms with van der Waals surface area (Å²) in [4.78, 5) is 2.49. The van der Waals surface area contributed by atoms with Crippen molar-refractivity contribution in [2.75, 3.05) is 31.9 Å². The average Bonchev–Trinajstić information content (AvgIpc) is 2.81. The zero-order valence-corrected chi connectivity index (χ0v) is 13.0. The van der Waals surface area contributed by atoms with E-state index in [4.69, 9.17) is 5.73 Å². The number of halogens is 1. The van der Waals surface area contributed by atoms with Crippen LogP contribution in [0.2, 0.25) is 0 Å². The molecule has 2 rings (SSSR count). The first-order chi connectivity index (χ1) is 8.99. The van der Waals surface area contributed by atoms with Crippen LogP contribution in [0, 0.1) is 0 Å². The number of likely N-dealkylation sites (tertiary alicyclic amines) is 1. The molecule has 1 saturated heterocycles. The molecular weight excluding hydrogens is 330 g/mol. The molecule has 1 heterocycles. The van der Waals surface area contributed by atoms with Gasteiger partial charge in [0.05, 0.1) is 4.90 Å². The number of nitrogen functional groups attached to an aromatic ring is 1. The topological polar surface area (TPSA) is 75.4 Å². The summed E-state index contributed by atoms with van der Waals surface area (Å²) >= 11 is 3.23. The number of hydrogen-bond donors (Lipinski definition) is 2. The highest BCUT2D eigenvalue weighted by atomic mass is 79.9. The Balaban J connectivity index is 1.97. The summed E-state index contributed by atoms with van der Waals surface area (Å²) in [7, 11) is -3.48. The standard InChI is InChI=1S/C12H18BrN3O2S/c13-11-9-10(14)3-4-12(11)19(17,18)15-5-8-16-6-1-2-7-16/h3-4,9,15H,1-2,5-8,14H2. The first kappa shape index (κ1) is 14.8. The molecule has 19 heavy (non-hydrogen) atoms. The first-order valence-corrected chi connectivity index (χ1v) is 8.54. The lowest BCUT2D eigenvalue weighted by Gasteiger charge is -2.15. The Morgan fingerprint density at radius 1 is 1.32 bits per heavy atom. The van der Waals surface area contributed by atoms with Gasteiger partial charge < -0.3 is 10.6 Å². The van der Waals surface area contributed by atoms with E-state index < -0.39 is 10.0 Å². The quantitative estimate of drug-likeness (QED) is 0.789. The van der Waals surface area contributed by atoms with E-state index in [2.05, 4.69) is 25.6 Å². The molecule has 0 radical (unpaired) electrons. The lowest BCUT2D eigenvalue weighted by Crippen LogP contribution is -2.33. The van der Waals surface area contributed by atoms with E-state index in [1.165, 1.54) is 18.9 Å². The minimum absolute atomic E-state index is 0.225. The zero-order chi connectivity index (χ0) is 13.9. The van der Waals surface area contributed by atoms with Crippen molar-refractivity contribution < 1.29 is 8.42 Å². The Hall–Kier alpha value is -0.630. The first-order valence-electron chi connectivity index (χ1n) is 6.26. The average molecular weight is 348 g/mol. The molecule has 1 aliphatic heterocycles. The number of sulfonamides is 1. The molecule has 7 heteroatoms. The number of rotatable bonds is 5. The molecule has 0 bridgehead atoms.